The molecule has 6 amide bonds. The van der Waals surface area contributed by atoms with Crippen molar-refractivity contribution < 1.29 is 38.3 Å². The Balaban J connectivity index is 0.00000157. The number of ketones is 1. The number of benzene rings is 1. The fraction of sp³-hybridized carbons (Fsp3) is 0.724. The van der Waals surface area contributed by atoms with Gasteiger partial charge in [-0.15, -0.1) is 0 Å². The molecule has 434 valence electrons. The molecule has 1 saturated carbocycles. The lowest BCUT2D eigenvalue weighted by molar-refractivity contribution is -0.139. The van der Waals surface area contributed by atoms with Gasteiger partial charge < -0.3 is 51.2 Å². The number of carbonyl (C=O) groups is 7. The second-order valence-electron chi connectivity index (χ2n) is 20.5. The number of rotatable bonds is 30. The summed E-state index contributed by atoms with van der Waals surface area (Å²) in [5.41, 5.74) is 1.85. The van der Waals surface area contributed by atoms with Gasteiger partial charge in [-0.05, 0) is 81.0 Å². The second kappa shape index (κ2) is 40.5. The van der Waals surface area contributed by atoms with Crippen molar-refractivity contribution in [1.29, 1.82) is 0 Å². The van der Waals surface area contributed by atoms with Crippen LogP contribution in [0.5, 0.6) is 0 Å². The molecule has 3 rings (SSSR count). The summed E-state index contributed by atoms with van der Waals surface area (Å²) in [6.45, 7) is 24.8. The van der Waals surface area contributed by atoms with Crippen LogP contribution in [0.25, 0.3) is 0 Å². The number of anilines is 1. The van der Waals surface area contributed by atoms with Gasteiger partial charge in [-0.25, -0.2) is 0 Å². The molecule has 1 heterocycles. The number of nitrogens with zero attached hydrogens (tertiary/aromatic N) is 3. The van der Waals surface area contributed by atoms with Crippen molar-refractivity contribution in [1.82, 2.24) is 36.4 Å². The van der Waals surface area contributed by atoms with Gasteiger partial charge in [0.25, 0.3) is 5.91 Å². The van der Waals surface area contributed by atoms with Gasteiger partial charge in [-0.1, -0.05) is 149 Å². The zero-order valence-corrected chi connectivity index (χ0v) is 51.1. The van der Waals surface area contributed by atoms with E-state index in [1.807, 2.05) is 53.1 Å². The third kappa shape index (κ3) is 27.1. The molecule has 1 aliphatic heterocycles. The molecule has 1 aromatic carbocycles. The number of carbonyl (C=O) groups excluding carboxylic acids is 7. The van der Waals surface area contributed by atoms with E-state index in [1.165, 1.54) is 38.8 Å². The van der Waals surface area contributed by atoms with Crippen molar-refractivity contribution in [2.75, 3.05) is 65.1 Å². The molecular formula is C58H102BrN9O8. The predicted molar refractivity (Wildman–Crippen MR) is 313 cm³/mol. The number of ether oxygens (including phenoxy) is 1. The second-order valence-corrected chi connectivity index (χ2v) is 21.1. The fourth-order valence-electron chi connectivity index (χ4n) is 9.09. The minimum absolute atomic E-state index is 0.00139. The maximum absolute atomic E-state index is 13.3. The highest BCUT2D eigenvalue weighted by atomic mass is 79.9. The normalized spacial score (nSPS) is 16.8. The third-order valence-corrected chi connectivity index (χ3v) is 14.7. The monoisotopic (exact) mass is 1130 g/mol. The first-order valence-electron chi connectivity index (χ1n) is 28.1. The largest absolute Gasteiger partial charge is 0.380 e. The zero-order chi connectivity index (χ0) is 57.9. The predicted octanol–water partition coefficient (Wildman–Crippen LogP) is 8.06. The van der Waals surface area contributed by atoms with Crippen molar-refractivity contribution in [3.05, 3.63) is 41.6 Å². The molecule has 0 aromatic heterocycles. The minimum Gasteiger partial charge on any atom is -0.380 e. The topological polar surface area (TPSA) is 220 Å². The first-order valence-corrected chi connectivity index (χ1v) is 29.2. The molecule has 6 N–H and O–H groups in total. The van der Waals surface area contributed by atoms with Gasteiger partial charge in [0, 0.05) is 63.6 Å². The van der Waals surface area contributed by atoms with Crippen LogP contribution < -0.4 is 31.9 Å². The number of methoxy groups -OCH3 is 1. The zero-order valence-electron chi connectivity index (χ0n) is 49.5. The first kappa shape index (κ1) is 71.3. The van der Waals surface area contributed by atoms with Crippen LogP contribution >= 0.6 is 15.9 Å². The van der Waals surface area contributed by atoms with Crippen LogP contribution in [0.1, 0.15) is 153 Å². The van der Waals surface area contributed by atoms with E-state index in [4.69, 9.17) is 4.74 Å². The third-order valence-electron chi connectivity index (χ3n) is 14.0. The number of hydrogen-bond acceptors (Lipinski definition) is 11. The summed E-state index contributed by atoms with van der Waals surface area (Å²) in [6, 6.07) is 6.59. The van der Waals surface area contributed by atoms with E-state index >= 15 is 0 Å². The van der Waals surface area contributed by atoms with E-state index in [2.05, 4.69) is 101 Å². The lowest BCUT2D eigenvalue weighted by atomic mass is 9.68. The smallest absolute Gasteiger partial charge is 0.254 e. The van der Waals surface area contributed by atoms with E-state index < -0.39 is 23.8 Å². The quantitative estimate of drug-likeness (QED) is 0.0407. The van der Waals surface area contributed by atoms with Crippen LogP contribution in [0.2, 0.25) is 0 Å². The lowest BCUT2D eigenvalue weighted by Gasteiger charge is -2.44. The molecule has 1 aromatic rings. The summed E-state index contributed by atoms with van der Waals surface area (Å²) in [5, 5.41) is 16.9. The summed E-state index contributed by atoms with van der Waals surface area (Å²) >= 11 is 3.31. The molecule has 0 saturated heterocycles. The number of aliphatic imine (C=N–C) groups is 1. The number of Topliss-reactive ketones (excluding diaryl/α,β-unsaturated/α-hetero) is 1. The average Bonchev–Trinajstić information content (AvgIpc) is 3.38. The van der Waals surface area contributed by atoms with E-state index in [-0.39, 0.29) is 79.2 Å². The molecule has 9 atom stereocenters. The van der Waals surface area contributed by atoms with Crippen LogP contribution in [0.4, 0.5) is 5.69 Å². The molecule has 1 fully saturated rings. The summed E-state index contributed by atoms with van der Waals surface area (Å²) in [5.74, 6) is 0.403. The fourth-order valence-corrected chi connectivity index (χ4v) is 9.44. The van der Waals surface area contributed by atoms with Crippen LogP contribution in [-0.2, 0) is 44.7 Å². The number of likely N-dealkylation sites (N-methyl/N-ethyl adjacent to an activating group) is 3. The van der Waals surface area contributed by atoms with E-state index in [0.717, 1.165) is 37.7 Å². The van der Waals surface area contributed by atoms with Crippen LogP contribution in [0.3, 0.4) is 0 Å². The molecule has 0 spiro atoms. The minimum atomic E-state index is -0.855. The molecule has 17 nitrogen and oxygen atoms in total. The van der Waals surface area contributed by atoms with Gasteiger partial charge in [-0.3, -0.25) is 33.8 Å². The Bertz CT molecular complexity index is 1950. The average molecular weight is 1130 g/mol. The Morgan fingerprint density at radius 3 is 2.07 bits per heavy atom. The number of amides is 6. The summed E-state index contributed by atoms with van der Waals surface area (Å²) < 4.78 is 5.80. The summed E-state index contributed by atoms with van der Waals surface area (Å²) in [6.07, 6.45) is 14.1. The van der Waals surface area contributed by atoms with Crippen LogP contribution in [0.15, 0.2) is 41.0 Å². The number of hydrogen-bond donors (Lipinski definition) is 6. The van der Waals surface area contributed by atoms with Gasteiger partial charge in [0.05, 0.1) is 37.2 Å². The first-order chi connectivity index (χ1) is 36.1. The van der Waals surface area contributed by atoms with Gasteiger partial charge in [0.2, 0.25) is 29.5 Å². The van der Waals surface area contributed by atoms with E-state index in [1.54, 1.807) is 43.1 Å². The maximum atomic E-state index is 13.3. The van der Waals surface area contributed by atoms with Gasteiger partial charge in [-0.2, -0.15) is 0 Å². The Kier molecular flexibility index (Phi) is 38.0. The number of alkyl halides is 1. The van der Waals surface area contributed by atoms with E-state index in [0.29, 0.717) is 53.7 Å². The van der Waals surface area contributed by atoms with Crippen LogP contribution in [0, 0.1) is 35.5 Å². The van der Waals surface area contributed by atoms with Gasteiger partial charge >= 0.3 is 0 Å². The number of nitrogens with one attached hydrogen (secondary N) is 6. The lowest BCUT2D eigenvalue weighted by Crippen LogP contribution is -2.52. The molecule has 0 radical (unpaired) electrons. The van der Waals surface area contributed by atoms with Crippen molar-refractivity contribution in [3.63, 3.8) is 0 Å². The molecule has 76 heavy (non-hydrogen) atoms. The number of halogens is 1. The maximum Gasteiger partial charge on any atom is 0.254 e. The molecule has 1 aliphatic carbocycles. The highest BCUT2D eigenvalue weighted by Crippen LogP contribution is 2.41. The Hall–Kier alpha value is -4.68. The molecule has 18 heteroatoms. The molecule has 9 unspecified atom stereocenters. The van der Waals surface area contributed by atoms with Gasteiger partial charge in [0.1, 0.15) is 18.0 Å². The summed E-state index contributed by atoms with van der Waals surface area (Å²) in [4.78, 5) is 94.5. The van der Waals surface area contributed by atoms with Crippen molar-refractivity contribution in [3.8, 4) is 0 Å². The van der Waals surface area contributed by atoms with Gasteiger partial charge in [0.15, 0.2) is 0 Å². The molecule has 2 aliphatic rings. The highest BCUT2D eigenvalue weighted by molar-refractivity contribution is 9.09. The van der Waals surface area contributed by atoms with Crippen molar-refractivity contribution in [2.45, 2.75) is 178 Å². The van der Waals surface area contributed by atoms with Crippen molar-refractivity contribution >= 4 is 69.1 Å². The summed E-state index contributed by atoms with van der Waals surface area (Å²) in [7, 11) is 7.01. The van der Waals surface area contributed by atoms with Crippen molar-refractivity contribution in [2.24, 2.45) is 40.5 Å². The van der Waals surface area contributed by atoms with E-state index in [9.17, 15) is 33.6 Å². The SMILES string of the molecule is CC.CCC.CCC(C)C(C(CC(C)=O)C1CCC1)N(C)C(=O)CNC(=O)CNC.CCC(C)CCCC(C)C(OC)C(C)C(=O)N(C)CCc1cccc(NC(=O)CNC(=O)C(C)NC(=O)C2=CNC(CBr)N=C2)c1. The Morgan fingerprint density at radius 2 is 1.54 bits per heavy atom. The molecular weight excluding hydrogens is 1030 g/mol. The standard InChI is InChI=1S/C34H53BrN6O5.C19H35N3O3.C3H8.C2H6/c1-8-22(2)11-9-12-23(3)31(46-7)24(4)34(45)41(6)16-15-26-13-10-14-28(17-26)40-30(42)21-38-32(43)25(5)39-33(44)27-19-36-29(18-35)37-20-27;1-6-13(2)19(16(10-14(3)23)15-8-7-9-15)22(5)18(25)12-21-17(24)11-20-4;1-3-2;1-2/h10,13-14,17,19-20,22-25,29,31,36H,8-9,11-12,15-16,18,21H2,1-7H3,(H,38,43)(H,39,44)(H,40,42);13,15-16,19-20H,6-12H2,1-5H3,(H,21,24);3H2,1-2H3;1-2H3. The van der Waals surface area contributed by atoms with Crippen LogP contribution in [-0.4, -0.2) is 141 Å². The molecule has 0 bridgehead atoms. The Labute approximate surface area is 467 Å². The Morgan fingerprint density at radius 1 is 0.882 bits per heavy atom. The highest BCUT2D eigenvalue weighted by Gasteiger charge is 2.39.